The van der Waals surface area contributed by atoms with Crippen LogP contribution in [0.15, 0.2) is 42.5 Å². The quantitative estimate of drug-likeness (QED) is 0.873. The average Bonchev–Trinajstić information content (AvgIpc) is 2.60. The standard InChI is InChI=1S/C19H18N2O4/c1-11(22)13-4-7-15(8-5-13)20-18(23)14-6-9-17-16(10-14)21(3)19(24)12(2)25-17/h4-10,12H,1-3H3,(H,20,23). The molecule has 0 radical (unpaired) electrons. The fourth-order valence-electron chi connectivity index (χ4n) is 2.64. The Morgan fingerprint density at radius 3 is 2.36 bits per heavy atom. The molecule has 6 nitrogen and oxygen atoms in total. The number of ether oxygens (including phenoxy) is 1. The van der Waals surface area contributed by atoms with Crippen molar-refractivity contribution in [2.24, 2.45) is 0 Å². The van der Waals surface area contributed by atoms with Crippen molar-refractivity contribution in [2.45, 2.75) is 20.0 Å². The van der Waals surface area contributed by atoms with E-state index in [1.54, 1.807) is 56.4 Å². The summed E-state index contributed by atoms with van der Waals surface area (Å²) in [6.45, 7) is 3.18. The molecule has 0 saturated carbocycles. The van der Waals surface area contributed by atoms with Crippen LogP contribution < -0.4 is 15.0 Å². The van der Waals surface area contributed by atoms with Gasteiger partial charge in [0.05, 0.1) is 5.69 Å². The van der Waals surface area contributed by atoms with Crippen LogP contribution in [0.4, 0.5) is 11.4 Å². The molecule has 1 N–H and O–H groups in total. The van der Waals surface area contributed by atoms with E-state index in [9.17, 15) is 14.4 Å². The van der Waals surface area contributed by atoms with Crippen molar-refractivity contribution in [3.8, 4) is 5.75 Å². The second kappa shape index (κ2) is 6.39. The lowest BCUT2D eigenvalue weighted by Gasteiger charge is -2.30. The highest BCUT2D eigenvalue weighted by molar-refractivity contribution is 6.07. The number of hydrogen-bond acceptors (Lipinski definition) is 4. The van der Waals surface area contributed by atoms with Crippen LogP contribution in [0.25, 0.3) is 0 Å². The van der Waals surface area contributed by atoms with Gasteiger partial charge in [-0.1, -0.05) is 0 Å². The summed E-state index contributed by atoms with van der Waals surface area (Å²) in [5.74, 6) is 0.0641. The highest BCUT2D eigenvalue weighted by Crippen LogP contribution is 2.34. The summed E-state index contributed by atoms with van der Waals surface area (Å²) in [5, 5.41) is 2.77. The number of nitrogens with zero attached hydrogens (tertiary/aromatic N) is 1. The topological polar surface area (TPSA) is 75.7 Å². The summed E-state index contributed by atoms with van der Waals surface area (Å²) in [6.07, 6.45) is -0.544. The summed E-state index contributed by atoms with van der Waals surface area (Å²) < 4.78 is 5.55. The molecule has 2 aromatic carbocycles. The largest absolute Gasteiger partial charge is 0.479 e. The molecule has 1 aliphatic rings. The minimum Gasteiger partial charge on any atom is -0.479 e. The highest BCUT2D eigenvalue weighted by Gasteiger charge is 2.29. The molecule has 1 unspecified atom stereocenters. The predicted molar refractivity (Wildman–Crippen MR) is 94.3 cm³/mol. The first-order chi connectivity index (χ1) is 11.9. The number of amides is 2. The van der Waals surface area contributed by atoms with Gasteiger partial charge in [-0.2, -0.15) is 0 Å². The molecule has 3 rings (SSSR count). The van der Waals surface area contributed by atoms with Crippen molar-refractivity contribution in [1.82, 2.24) is 0 Å². The molecule has 0 saturated heterocycles. The van der Waals surface area contributed by atoms with Crippen LogP contribution in [0.3, 0.4) is 0 Å². The SMILES string of the molecule is CC(=O)c1ccc(NC(=O)c2ccc3c(c2)N(C)C(=O)C(C)O3)cc1. The Bertz CT molecular complexity index is 858. The average molecular weight is 338 g/mol. The Kier molecular flexibility index (Phi) is 4.27. The number of carbonyl (C=O) groups is 3. The number of fused-ring (bicyclic) bond motifs is 1. The number of Topliss-reactive ketones (excluding diaryl/α,β-unsaturated/α-hetero) is 1. The van der Waals surface area contributed by atoms with E-state index in [0.717, 1.165) is 0 Å². The molecule has 25 heavy (non-hydrogen) atoms. The van der Waals surface area contributed by atoms with Gasteiger partial charge in [0.1, 0.15) is 5.75 Å². The molecule has 1 atom stereocenters. The molecule has 0 bridgehead atoms. The lowest BCUT2D eigenvalue weighted by atomic mass is 10.1. The summed E-state index contributed by atoms with van der Waals surface area (Å²) >= 11 is 0. The van der Waals surface area contributed by atoms with E-state index in [1.807, 2.05) is 0 Å². The number of carbonyl (C=O) groups excluding carboxylic acids is 3. The van der Waals surface area contributed by atoms with Crippen LogP contribution in [0.1, 0.15) is 34.6 Å². The number of hydrogen-bond donors (Lipinski definition) is 1. The molecule has 1 aliphatic heterocycles. The molecular formula is C19H18N2O4. The molecule has 1 heterocycles. The van der Waals surface area contributed by atoms with E-state index in [1.165, 1.54) is 11.8 Å². The maximum Gasteiger partial charge on any atom is 0.267 e. The van der Waals surface area contributed by atoms with Gasteiger partial charge < -0.3 is 15.0 Å². The van der Waals surface area contributed by atoms with E-state index < -0.39 is 6.10 Å². The third-order valence-electron chi connectivity index (χ3n) is 4.11. The second-order valence-electron chi connectivity index (χ2n) is 5.93. The van der Waals surface area contributed by atoms with Gasteiger partial charge in [0.25, 0.3) is 11.8 Å². The van der Waals surface area contributed by atoms with Gasteiger partial charge in [-0.15, -0.1) is 0 Å². The van der Waals surface area contributed by atoms with Crippen molar-refractivity contribution >= 4 is 29.0 Å². The second-order valence-corrected chi connectivity index (χ2v) is 5.93. The highest BCUT2D eigenvalue weighted by atomic mass is 16.5. The fraction of sp³-hybridized carbons (Fsp3) is 0.211. The Morgan fingerprint density at radius 2 is 1.72 bits per heavy atom. The summed E-state index contributed by atoms with van der Waals surface area (Å²) in [7, 11) is 1.66. The van der Waals surface area contributed by atoms with Gasteiger partial charge in [0, 0.05) is 23.9 Å². The number of likely N-dealkylation sites (N-methyl/N-ethyl adjacent to an activating group) is 1. The number of anilines is 2. The Morgan fingerprint density at radius 1 is 1.08 bits per heavy atom. The van der Waals surface area contributed by atoms with Gasteiger partial charge in [0.15, 0.2) is 11.9 Å². The molecule has 6 heteroatoms. The van der Waals surface area contributed by atoms with Crippen molar-refractivity contribution in [3.05, 3.63) is 53.6 Å². The van der Waals surface area contributed by atoms with Crippen LogP contribution in [-0.2, 0) is 4.79 Å². The van der Waals surface area contributed by atoms with Crippen molar-refractivity contribution in [1.29, 1.82) is 0 Å². The van der Waals surface area contributed by atoms with E-state index in [2.05, 4.69) is 5.32 Å². The van der Waals surface area contributed by atoms with Gasteiger partial charge in [-0.05, 0) is 56.3 Å². The smallest absolute Gasteiger partial charge is 0.267 e. The summed E-state index contributed by atoms with van der Waals surface area (Å²) in [6, 6.07) is 11.6. The van der Waals surface area contributed by atoms with E-state index in [-0.39, 0.29) is 17.6 Å². The van der Waals surface area contributed by atoms with Gasteiger partial charge in [-0.3, -0.25) is 14.4 Å². The first-order valence-corrected chi connectivity index (χ1v) is 7.87. The van der Waals surface area contributed by atoms with Crippen LogP contribution in [0, 0.1) is 0 Å². The minimum atomic E-state index is -0.544. The molecule has 2 amide bonds. The Balaban J connectivity index is 1.81. The van der Waals surface area contributed by atoms with Gasteiger partial charge in [-0.25, -0.2) is 0 Å². The zero-order chi connectivity index (χ0) is 18.1. The zero-order valence-electron chi connectivity index (χ0n) is 14.2. The van der Waals surface area contributed by atoms with E-state index in [0.29, 0.717) is 28.3 Å². The molecule has 2 aromatic rings. The van der Waals surface area contributed by atoms with E-state index >= 15 is 0 Å². The minimum absolute atomic E-state index is 0.0329. The van der Waals surface area contributed by atoms with Crippen molar-refractivity contribution < 1.29 is 19.1 Å². The van der Waals surface area contributed by atoms with Gasteiger partial charge >= 0.3 is 0 Å². The molecule has 0 aliphatic carbocycles. The van der Waals surface area contributed by atoms with Crippen LogP contribution in [-0.4, -0.2) is 30.7 Å². The molecule has 128 valence electrons. The summed E-state index contributed by atoms with van der Waals surface area (Å²) in [5.41, 5.74) is 2.13. The van der Waals surface area contributed by atoms with Crippen LogP contribution >= 0.6 is 0 Å². The Hall–Kier alpha value is -3.15. The first-order valence-electron chi connectivity index (χ1n) is 7.87. The number of ketones is 1. The predicted octanol–water partition coefficient (Wildman–Crippen LogP) is 2.89. The third kappa shape index (κ3) is 3.24. The van der Waals surface area contributed by atoms with Crippen LogP contribution in [0.5, 0.6) is 5.75 Å². The summed E-state index contributed by atoms with van der Waals surface area (Å²) in [4.78, 5) is 37.2. The van der Waals surface area contributed by atoms with Gasteiger partial charge in [0.2, 0.25) is 0 Å². The monoisotopic (exact) mass is 338 g/mol. The fourth-order valence-corrected chi connectivity index (χ4v) is 2.64. The normalized spacial score (nSPS) is 16.0. The number of rotatable bonds is 3. The Labute approximate surface area is 145 Å². The van der Waals surface area contributed by atoms with E-state index in [4.69, 9.17) is 4.74 Å². The molecular weight excluding hydrogens is 320 g/mol. The lowest BCUT2D eigenvalue weighted by molar-refractivity contribution is -0.125. The van der Waals surface area contributed by atoms with Crippen molar-refractivity contribution in [3.63, 3.8) is 0 Å². The maximum atomic E-state index is 12.4. The zero-order valence-corrected chi connectivity index (χ0v) is 14.2. The molecule has 0 aromatic heterocycles. The van der Waals surface area contributed by atoms with Crippen molar-refractivity contribution in [2.75, 3.05) is 17.3 Å². The first kappa shape index (κ1) is 16.7. The number of benzene rings is 2. The third-order valence-corrected chi connectivity index (χ3v) is 4.11. The number of nitrogens with one attached hydrogen (secondary N) is 1. The lowest BCUT2D eigenvalue weighted by Crippen LogP contribution is -2.42. The molecule has 0 fully saturated rings. The van der Waals surface area contributed by atoms with Crippen LogP contribution in [0.2, 0.25) is 0 Å². The molecule has 0 spiro atoms. The maximum absolute atomic E-state index is 12.4.